The molecule has 0 amide bonds. The largest absolute Gasteiger partial charge is 0.0966 e. The van der Waals surface area contributed by atoms with Crippen LogP contribution >= 0.6 is 12.1 Å². The lowest BCUT2D eigenvalue weighted by molar-refractivity contribution is 1.00. The number of hydrogen-bond acceptors (Lipinski definition) is 2. The monoisotopic (exact) mass is 452 g/mol. The van der Waals surface area contributed by atoms with Crippen LogP contribution in [-0.2, 0) is 23.6 Å². The van der Waals surface area contributed by atoms with Crippen LogP contribution < -0.4 is 10.6 Å². The minimum Gasteiger partial charge on any atom is -0.0966 e. The summed E-state index contributed by atoms with van der Waals surface area (Å²) in [6.07, 6.45) is 0. The van der Waals surface area contributed by atoms with Crippen LogP contribution in [0.25, 0.3) is 0 Å². The van der Waals surface area contributed by atoms with Crippen LogP contribution in [0.3, 0.4) is 0 Å². The summed E-state index contributed by atoms with van der Waals surface area (Å²) in [5.74, 6) is 0. The molecule has 0 heterocycles. The Labute approximate surface area is 178 Å². The summed E-state index contributed by atoms with van der Waals surface area (Å²) in [7, 11) is -1.66. The molecule has 0 fully saturated rings. The maximum Gasteiger partial charge on any atom is 0.0598 e. The molecule has 1 unspecified atom stereocenters. The molecule has 0 saturated carbocycles. The predicted octanol–water partition coefficient (Wildman–Crippen LogP) is 6.62. The van der Waals surface area contributed by atoms with E-state index in [0.717, 1.165) is 0 Å². The maximum absolute atomic E-state index is 6.80. The zero-order valence-corrected chi connectivity index (χ0v) is 22.1. The molecule has 1 atom stereocenters. The summed E-state index contributed by atoms with van der Waals surface area (Å²) >= 11 is 13.5. The van der Waals surface area contributed by atoms with Gasteiger partial charge in [-0.15, -0.1) is 0 Å². The van der Waals surface area contributed by atoms with Gasteiger partial charge in [0.25, 0.3) is 0 Å². The SMILES string of the molecule is CC(C)P(=S)(C(C)C)C([Si](C)(C)C)P(=S)(c1ccccc1)c1ccccc1. The molecule has 0 aliphatic heterocycles. The fourth-order valence-electron chi connectivity index (χ4n) is 4.30. The molecule has 0 aromatic heterocycles. The van der Waals surface area contributed by atoms with Crippen molar-refractivity contribution in [3.63, 3.8) is 0 Å². The smallest absolute Gasteiger partial charge is 0.0598 e. The van der Waals surface area contributed by atoms with Gasteiger partial charge in [0.1, 0.15) is 0 Å². The normalized spacial score (nSPS) is 14.6. The third-order valence-electron chi connectivity index (χ3n) is 5.40. The quantitative estimate of drug-likeness (QED) is 0.342. The Morgan fingerprint density at radius 1 is 0.667 bits per heavy atom. The standard InChI is InChI=1S/C22H34P2S2Si/c1-18(2)23(25,19(3)4)22(27(5,6)7)24(26,20-14-10-8-11-15-20)21-16-12-9-13-17-21/h8-19,22H,1-7H3. The second kappa shape index (κ2) is 8.76. The summed E-state index contributed by atoms with van der Waals surface area (Å²) in [5, 5.41) is 3.15. The van der Waals surface area contributed by atoms with Crippen molar-refractivity contribution in [3.05, 3.63) is 60.7 Å². The molecule has 0 radical (unpaired) electrons. The van der Waals surface area contributed by atoms with Gasteiger partial charge in [-0.2, -0.15) is 0 Å². The van der Waals surface area contributed by atoms with Gasteiger partial charge in [0.15, 0.2) is 0 Å². The molecule has 0 bridgehead atoms. The van der Waals surface area contributed by atoms with Gasteiger partial charge in [0, 0.05) is 11.1 Å². The molecular formula is C22H34P2S2Si. The van der Waals surface area contributed by atoms with Crippen LogP contribution in [0.4, 0.5) is 0 Å². The van der Waals surface area contributed by atoms with Gasteiger partial charge in [0.05, 0.1) is 8.07 Å². The minimum absolute atomic E-state index is 0.465. The van der Waals surface area contributed by atoms with Crippen molar-refractivity contribution >= 4 is 54.4 Å². The second-order valence-corrected chi connectivity index (χ2v) is 26.3. The molecule has 0 saturated heterocycles. The molecule has 5 heteroatoms. The lowest BCUT2D eigenvalue weighted by Crippen LogP contribution is -2.45. The highest BCUT2D eigenvalue weighted by molar-refractivity contribution is 8.31. The first kappa shape index (κ1) is 23.2. The first-order chi connectivity index (χ1) is 12.5. The van der Waals surface area contributed by atoms with Crippen LogP contribution in [0.1, 0.15) is 27.7 Å². The van der Waals surface area contributed by atoms with Crippen LogP contribution in [0.15, 0.2) is 60.7 Å². The average molecular weight is 453 g/mol. The van der Waals surface area contributed by atoms with Crippen molar-refractivity contribution in [3.8, 4) is 0 Å². The van der Waals surface area contributed by atoms with Crippen LogP contribution in [-0.4, -0.2) is 24.4 Å². The van der Waals surface area contributed by atoms with Crippen molar-refractivity contribution in [1.82, 2.24) is 0 Å². The number of benzene rings is 2. The van der Waals surface area contributed by atoms with E-state index in [1.165, 1.54) is 10.6 Å². The molecular weight excluding hydrogens is 418 g/mol. The Kier molecular flexibility index (Phi) is 7.54. The molecule has 0 N–H and O–H groups in total. The molecule has 2 rings (SSSR count). The highest BCUT2D eigenvalue weighted by Gasteiger charge is 2.50. The Morgan fingerprint density at radius 2 is 1.00 bits per heavy atom. The Morgan fingerprint density at radius 3 is 1.26 bits per heavy atom. The Balaban J connectivity index is 2.94. The average Bonchev–Trinajstić information content (AvgIpc) is 2.61. The van der Waals surface area contributed by atoms with Crippen LogP contribution in [0.5, 0.6) is 0 Å². The fraction of sp³-hybridized carbons (Fsp3) is 0.455. The maximum atomic E-state index is 6.80. The number of rotatable bonds is 7. The summed E-state index contributed by atoms with van der Waals surface area (Å²) in [6, 6.07) is 18.1. The van der Waals surface area contributed by atoms with Gasteiger partial charge in [-0.05, 0) is 28.0 Å². The molecule has 0 spiro atoms. The lowest BCUT2D eigenvalue weighted by atomic mass is 10.4. The summed E-state index contributed by atoms with van der Waals surface area (Å²) in [5.41, 5.74) is 1.03. The predicted molar refractivity (Wildman–Crippen MR) is 138 cm³/mol. The molecule has 0 aliphatic rings. The van der Waals surface area contributed by atoms with Crippen molar-refractivity contribution in [1.29, 1.82) is 0 Å². The van der Waals surface area contributed by atoms with Crippen molar-refractivity contribution < 1.29 is 0 Å². The van der Waals surface area contributed by atoms with Crippen molar-refractivity contribution in [2.24, 2.45) is 0 Å². The summed E-state index contributed by atoms with van der Waals surface area (Å²) < 4.78 is 0. The molecule has 148 valence electrons. The van der Waals surface area contributed by atoms with Gasteiger partial charge < -0.3 is 0 Å². The highest BCUT2D eigenvalue weighted by atomic mass is 32.5. The van der Waals surface area contributed by atoms with E-state index >= 15 is 0 Å². The topological polar surface area (TPSA) is 0 Å². The van der Waals surface area contributed by atoms with E-state index in [9.17, 15) is 0 Å². The molecule has 2 aromatic rings. The summed E-state index contributed by atoms with van der Waals surface area (Å²) in [6.45, 7) is 16.9. The number of hydrogen-bond donors (Lipinski definition) is 0. The molecule has 2 aromatic carbocycles. The van der Waals surface area contributed by atoms with Gasteiger partial charge in [-0.1, -0.05) is 132 Å². The zero-order valence-electron chi connectivity index (χ0n) is 17.7. The minimum atomic E-state index is -2.04. The zero-order chi connectivity index (χ0) is 20.5. The molecule has 0 aliphatic carbocycles. The third kappa shape index (κ3) is 4.44. The second-order valence-electron chi connectivity index (χ2n) is 9.02. The van der Waals surface area contributed by atoms with E-state index in [1.807, 2.05) is 0 Å². The van der Waals surface area contributed by atoms with Gasteiger partial charge in [-0.3, -0.25) is 0 Å². The first-order valence-corrected chi connectivity index (χ1v) is 19.2. The Bertz CT molecular complexity index is 784. The van der Waals surface area contributed by atoms with E-state index in [1.54, 1.807) is 0 Å². The van der Waals surface area contributed by atoms with Crippen molar-refractivity contribution in [2.45, 2.75) is 63.7 Å². The van der Waals surface area contributed by atoms with E-state index in [-0.39, 0.29) is 0 Å². The van der Waals surface area contributed by atoms with E-state index < -0.39 is 20.1 Å². The highest BCUT2D eigenvalue weighted by Crippen LogP contribution is 2.73. The van der Waals surface area contributed by atoms with E-state index in [0.29, 0.717) is 16.3 Å². The van der Waals surface area contributed by atoms with E-state index in [2.05, 4.69) is 108 Å². The summed E-state index contributed by atoms with van der Waals surface area (Å²) in [4.78, 5) is 0. The van der Waals surface area contributed by atoms with Gasteiger partial charge in [-0.25, -0.2) is 0 Å². The molecule has 0 nitrogen and oxygen atoms in total. The van der Waals surface area contributed by atoms with Crippen LogP contribution in [0.2, 0.25) is 19.6 Å². The molecule has 27 heavy (non-hydrogen) atoms. The van der Waals surface area contributed by atoms with Gasteiger partial charge >= 0.3 is 0 Å². The lowest BCUT2D eigenvalue weighted by Gasteiger charge is -2.50. The van der Waals surface area contributed by atoms with Gasteiger partial charge in [0.2, 0.25) is 0 Å². The Hall–Kier alpha value is -0.0431. The van der Waals surface area contributed by atoms with Crippen LogP contribution in [0, 0.1) is 0 Å². The third-order valence-corrected chi connectivity index (χ3v) is 30.2. The fourth-order valence-corrected chi connectivity index (χ4v) is 34.7. The van der Waals surface area contributed by atoms with E-state index in [4.69, 9.17) is 23.6 Å². The van der Waals surface area contributed by atoms with Crippen molar-refractivity contribution in [2.75, 3.05) is 0 Å². The first-order valence-electron chi connectivity index (χ1n) is 9.76.